The molecule has 37 heavy (non-hydrogen) atoms. The fourth-order valence-electron chi connectivity index (χ4n) is 5.86. The summed E-state index contributed by atoms with van der Waals surface area (Å²) in [5.74, 6) is -0.661. The molecule has 1 saturated heterocycles. The molecule has 0 unspecified atom stereocenters. The predicted octanol–water partition coefficient (Wildman–Crippen LogP) is 4.47. The fraction of sp³-hybridized carbons (Fsp3) is 0.323. The lowest BCUT2D eigenvalue weighted by Crippen LogP contribution is -2.49. The van der Waals surface area contributed by atoms with Gasteiger partial charge in [0.05, 0.1) is 18.1 Å². The number of carbonyl (C=O) groups is 2. The standard InChI is InChI=1S/C31H31N3O3/c32-22-24-13-11-23(12-14-24)21-29(35)34-19-17-33(18-20-34)16-6-5-15-31(30(36)37)27-9-3-1-7-25(27)26-8-2-4-10-28(26)31/h1-4,7-14H,5-6,15-21H2,(H,36,37). The van der Waals surface area contributed by atoms with E-state index in [1.54, 1.807) is 12.1 Å². The zero-order chi connectivity index (χ0) is 25.8. The number of rotatable bonds is 8. The van der Waals surface area contributed by atoms with Gasteiger partial charge in [0.1, 0.15) is 5.41 Å². The minimum absolute atomic E-state index is 0.117. The van der Waals surface area contributed by atoms with Crippen molar-refractivity contribution in [1.82, 2.24) is 9.80 Å². The van der Waals surface area contributed by atoms with E-state index < -0.39 is 11.4 Å². The SMILES string of the molecule is N#Cc1ccc(CC(=O)N2CCN(CCCCC3(C(=O)O)c4ccccc4-c4ccccc43)CC2)cc1. The normalized spacial score (nSPS) is 16.0. The molecule has 1 heterocycles. The number of benzene rings is 3. The second-order valence-electron chi connectivity index (χ2n) is 9.97. The molecule has 1 aliphatic heterocycles. The molecule has 0 saturated carbocycles. The number of piperazine rings is 1. The second kappa shape index (κ2) is 10.6. The van der Waals surface area contributed by atoms with Crippen molar-refractivity contribution in [2.75, 3.05) is 32.7 Å². The first-order valence-corrected chi connectivity index (χ1v) is 12.9. The molecule has 1 aliphatic carbocycles. The van der Waals surface area contributed by atoms with Gasteiger partial charge in [-0.2, -0.15) is 5.26 Å². The van der Waals surface area contributed by atoms with Gasteiger partial charge < -0.3 is 10.0 Å². The number of carboxylic acid groups (broad SMARTS) is 1. The van der Waals surface area contributed by atoms with Crippen LogP contribution in [0.2, 0.25) is 0 Å². The second-order valence-corrected chi connectivity index (χ2v) is 9.97. The largest absolute Gasteiger partial charge is 0.480 e. The Morgan fingerprint density at radius 2 is 1.43 bits per heavy atom. The summed E-state index contributed by atoms with van der Waals surface area (Å²) >= 11 is 0. The first kappa shape index (κ1) is 24.7. The maximum absolute atomic E-state index is 12.7. The van der Waals surface area contributed by atoms with E-state index in [0.29, 0.717) is 31.5 Å². The van der Waals surface area contributed by atoms with Crippen molar-refractivity contribution in [2.24, 2.45) is 0 Å². The first-order valence-electron chi connectivity index (χ1n) is 12.9. The average Bonchev–Trinajstić information content (AvgIpc) is 3.23. The van der Waals surface area contributed by atoms with Gasteiger partial charge in [-0.3, -0.25) is 14.5 Å². The van der Waals surface area contributed by atoms with Crippen molar-refractivity contribution < 1.29 is 14.7 Å². The Morgan fingerprint density at radius 3 is 2.00 bits per heavy atom. The van der Waals surface area contributed by atoms with Crippen molar-refractivity contribution in [3.8, 4) is 17.2 Å². The van der Waals surface area contributed by atoms with E-state index in [1.807, 2.05) is 65.6 Å². The van der Waals surface area contributed by atoms with Crippen LogP contribution < -0.4 is 0 Å². The lowest BCUT2D eigenvalue weighted by molar-refractivity contribution is -0.142. The number of carboxylic acids is 1. The molecule has 1 fully saturated rings. The fourth-order valence-corrected chi connectivity index (χ4v) is 5.86. The van der Waals surface area contributed by atoms with Crippen LogP contribution >= 0.6 is 0 Å². The van der Waals surface area contributed by atoms with Crippen LogP contribution in [0.25, 0.3) is 11.1 Å². The number of amides is 1. The van der Waals surface area contributed by atoms with E-state index in [2.05, 4.69) is 11.0 Å². The maximum atomic E-state index is 12.7. The summed E-state index contributed by atoms with van der Waals surface area (Å²) < 4.78 is 0. The van der Waals surface area contributed by atoms with Crippen LogP contribution in [0.3, 0.4) is 0 Å². The van der Waals surface area contributed by atoms with Crippen LogP contribution in [-0.2, 0) is 21.4 Å². The number of fused-ring (bicyclic) bond motifs is 3. The zero-order valence-corrected chi connectivity index (χ0v) is 20.9. The van der Waals surface area contributed by atoms with Gasteiger partial charge in [-0.1, -0.05) is 67.1 Å². The molecule has 0 aromatic heterocycles. The van der Waals surface area contributed by atoms with E-state index >= 15 is 0 Å². The Labute approximate surface area is 217 Å². The van der Waals surface area contributed by atoms with Crippen molar-refractivity contribution in [3.05, 3.63) is 95.1 Å². The molecule has 188 valence electrons. The molecular weight excluding hydrogens is 462 g/mol. The third kappa shape index (κ3) is 4.75. The first-order chi connectivity index (χ1) is 18.0. The maximum Gasteiger partial charge on any atom is 0.318 e. The van der Waals surface area contributed by atoms with Gasteiger partial charge in [0, 0.05) is 26.2 Å². The molecule has 3 aromatic carbocycles. The molecule has 1 amide bonds. The minimum Gasteiger partial charge on any atom is -0.480 e. The van der Waals surface area contributed by atoms with Gasteiger partial charge >= 0.3 is 5.97 Å². The molecule has 3 aromatic rings. The number of hydrogen-bond acceptors (Lipinski definition) is 4. The number of hydrogen-bond donors (Lipinski definition) is 1. The van der Waals surface area contributed by atoms with Crippen molar-refractivity contribution in [2.45, 2.75) is 31.1 Å². The van der Waals surface area contributed by atoms with Crippen LogP contribution in [-0.4, -0.2) is 59.5 Å². The third-order valence-corrected chi connectivity index (χ3v) is 7.87. The van der Waals surface area contributed by atoms with Gasteiger partial charge in [-0.25, -0.2) is 0 Å². The lowest BCUT2D eigenvalue weighted by atomic mass is 9.74. The summed E-state index contributed by atoms with van der Waals surface area (Å²) in [5, 5.41) is 19.4. The smallest absolute Gasteiger partial charge is 0.318 e. The lowest BCUT2D eigenvalue weighted by Gasteiger charge is -2.35. The van der Waals surface area contributed by atoms with Gasteiger partial charge in [-0.05, 0) is 59.3 Å². The molecule has 0 bridgehead atoms. The highest BCUT2D eigenvalue weighted by Gasteiger charge is 2.48. The summed E-state index contributed by atoms with van der Waals surface area (Å²) in [4.78, 5) is 29.8. The van der Waals surface area contributed by atoms with Crippen molar-refractivity contribution in [3.63, 3.8) is 0 Å². The Balaban J connectivity index is 1.14. The van der Waals surface area contributed by atoms with Gasteiger partial charge in [0.15, 0.2) is 0 Å². The third-order valence-electron chi connectivity index (χ3n) is 7.87. The number of nitriles is 1. The number of unbranched alkanes of at least 4 members (excludes halogenated alkanes) is 1. The molecule has 2 aliphatic rings. The molecule has 5 rings (SSSR count). The van der Waals surface area contributed by atoms with Crippen LogP contribution in [0.15, 0.2) is 72.8 Å². The van der Waals surface area contributed by atoms with Crippen molar-refractivity contribution >= 4 is 11.9 Å². The summed E-state index contributed by atoms with van der Waals surface area (Å²) in [6.45, 7) is 3.96. The van der Waals surface area contributed by atoms with Gasteiger partial charge in [0.2, 0.25) is 5.91 Å². The molecule has 0 spiro atoms. The summed E-state index contributed by atoms with van der Waals surface area (Å²) in [6.07, 6.45) is 2.65. The molecule has 1 N–H and O–H groups in total. The van der Waals surface area contributed by atoms with E-state index in [-0.39, 0.29) is 5.91 Å². The molecule has 6 heteroatoms. The van der Waals surface area contributed by atoms with E-state index in [9.17, 15) is 14.7 Å². The summed E-state index contributed by atoms with van der Waals surface area (Å²) in [5.41, 5.74) is 4.39. The Hall–Kier alpha value is -3.95. The molecule has 0 atom stereocenters. The highest BCUT2D eigenvalue weighted by Crippen LogP contribution is 2.51. The van der Waals surface area contributed by atoms with Crippen LogP contribution in [0, 0.1) is 11.3 Å². The Bertz CT molecular complexity index is 1290. The molecular formula is C31H31N3O3. The van der Waals surface area contributed by atoms with Gasteiger partial charge in [0.25, 0.3) is 0 Å². The topological polar surface area (TPSA) is 84.6 Å². The monoisotopic (exact) mass is 493 g/mol. The summed E-state index contributed by atoms with van der Waals surface area (Å²) in [6, 6.07) is 25.1. The van der Waals surface area contributed by atoms with Crippen molar-refractivity contribution in [1.29, 1.82) is 5.26 Å². The number of carbonyl (C=O) groups excluding carboxylic acids is 1. The number of nitrogens with zero attached hydrogens (tertiary/aromatic N) is 3. The quantitative estimate of drug-likeness (QED) is 0.468. The van der Waals surface area contributed by atoms with Gasteiger partial charge in [-0.15, -0.1) is 0 Å². The van der Waals surface area contributed by atoms with E-state index in [1.165, 1.54) is 0 Å². The number of aliphatic carboxylic acids is 1. The van der Waals surface area contributed by atoms with Crippen LogP contribution in [0.5, 0.6) is 0 Å². The highest BCUT2D eigenvalue weighted by atomic mass is 16.4. The molecule has 0 radical (unpaired) electrons. The molecule has 6 nitrogen and oxygen atoms in total. The minimum atomic E-state index is -0.996. The van der Waals surface area contributed by atoms with Crippen LogP contribution in [0.4, 0.5) is 0 Å². The summed E-state index contributed by atoms with van der Waals surface area (Å²) in [7, 11) is 0. The average molecular weight is 494 g/mol. The van der Waals surface area contributed by atoms with E-state index in [0.717, 1.165) is 60.3 Å². The Kier molecular flexibility index (Phi) is 7.07. The Morgan fingerprint density at radius 1 is 0.838 bits per heavy atom. The van der Waals surface area contributed by atoms with E-state index in [4.69, 9.17) is 5.26 Å². The zero-order valence-electron chi connectivity index (χ0n) is 20.9. The highest BCUT2D eigenvalue weighted by molar-refractivity contribution is 5.97. The van der Waals surface area contributed by atoms with Crippen LogP contribution in [0.1, 0.15) is 41.5 Å². The predicted molar refractivity (Wildman–Crippen MR) is 142 cm³/mol.